The molecule has 0 fully saturated rings. The van der Waals surface area contributed by atoms with Gasteiger partial charge in [0.1, 0.15) is 0 Å². The van der Waals surface area contributed by atoms with Gasteiger partial charge in [-0.15, -0.1) is 0 Å². The quantitative estimate of drug-likeness (QED) is 0.829. The van der Waals surface area contributed by atoms with Crippen LogP contribution in [-0.4, -0.2) is 36.0 Å². The van der Waals surface area contributed by atoms with Crippen LogP contribution >= 0.6 is 11.6 Å². The Bertz CT molecular complexity index is 342. The molecule has 2 N–H and O–H groups in total. The van der Waals surface area contributed by atoms with Crippen LogP contribution in [-0.2, 0) is 0 Å². The van der Waals surface area contributed by atoms with E-state index in [4.69, 9.17) is 16.7 Å². The van der Waals surface area contributed by atoms with Crippen molar-refractivity contribution in [1.29, 1.82) is 0 Å². The van der Waals surface area contributed by atoms with Crippen LogP contribution in [0.25, 0.3) is 0 Å². The van der Waals surface area contributed by atoms with Crippen molar-refractivity contribution in [2.75, 3.05) is 24.6 Å². The zero-order valence-electron chi connectivity index (χ0n) is 9.65. The van der Waals surface area contributed by atoms with E-state index in [2.05, 4.69) is 0 Å². The van der Waals surface area contributed by atoms with Gasteiger partial charge in [-0.2, -0.15) is 0 Å². The Kier molecular flexibility index (Phi) is 5.06. The van der Waals surface area contributed by atoms with E-state index in [-0.39, 0.29) is 6.61 Å². The Morgan fingerprint density at radius 1 is 1.44 bits per heavy atom. The monoisotopic (exact) mass is 243 g/mol. The third kappa shape index (κ3) is 3.67. The van der Waals surface area contributed by atoms with Crippen LogP contribution in [0.1, 0.15) is 12.5 Å². The van der Waals surface area contributed by atoms with E-state index in [9.17, 15) is 5.11 Å². The maximum atomic E-state index is 9.38. The molecule has 90 valence electrons. The molecule has 0 amide bonds. The number of nitrogens with zero attached hydrogens (tertiary/aromatic N) is 1. The van der Waals surface area contributed by atoms with E-state index in [1.807, 2.05) is 30.0 Å². The number of halogens is 1. The molecule has 0 radical (unpaired) electrons. The first-order valence-electron chi connectivity index (χ1n) is 5.34. The Morgan fingerprint density at radius 2 is 2.12 bits per heavy atom. The summed E-state index contributed by atoms with van der Waals surface area (Å²) in [4.78, 5) is 1.91. The average molecular weight is 244 g/mol. The summed E-state index contributed by atoms with van der Waals surface area (Å²) in [7, 11) is 0. The molecule has 1 aromatic carbocycles. The summed E-state index contributed by atoms with van der Waals surface area (Å²) < 4.78 is 0. The standard InChI is InChI=1S/C12H18ClNO2/c1-9-3-4-11(7-12(9)13)14(5-6-15)8-10(2)16/h3-4,7,10,15-16H,5-6,8H2,1-2H3. The SMILES string of the molecule is Cc1ccc(N(CCO)CC(C)O)cc1Cl. The van der Waals surface area contributed by atoms with Crippen LogP contribution < -0.4 is 4.90 Å². The number of hydrogen-bond donors (Lipinski definition) is 2. The second-order valence-corrected chi connectivity index (χ2v) is 4.36. The van der Waals surface area contributed by atoms with Crippen molar-refractivity contribution < 1.29 is 10.2 Å². The Morgan fingerprint density at radius 3 is 2.62 bits per heavy atom. The molecule has 0 bridgehead atoms. The molecule has 4 heteroatoms. The zero-order valence-corrected chi connectivity index (χ0v) is 10.4. The molecule has 0 aliphatic heterocycles. The molecule has 0 saturated heterocycles. The molecule has 3 nitrogen and oxygen atoms in total. The van der Waals surface area contributed by atoms with Gasteiger partial charge in [0.05, 0.1) is 12.7 Å². The lowest BCUT2D eigenvalue weighted by Crippen LogP contribution is -2.33. The summed E-state index contributed by atoms with van der Waals surface area (Å²) in [5.74, 6) is 0. The third-order valence-corrected chi connectivity index (χ3v) is 2.78. The van der Waals surface area contributed by atoms with Crippen molar-refractivity contribution in [3.8, 4) is 0 Å². The Hall–Kier alpha value is -0.770. The Balaban J connectivity index is 2.87. The van der Waals surface area contributed by atoms with Gasteiger partial charge in [0.25, 0.3) is 0 Å². The number of aliphatic hydroxyl groups excluding tert-OH is 2. The molecule has 1 rings (SSSR count). The molecule has 0 aliphatic carbocycles. The van der Waals surface area contributed by atoms with E-state index in [0.29, 0.717) is 18.1 Å². The Labute approximate surface area is 101 Å². The number of aliphatic hydroxyl groups is 2. The number of anilines is 1. The molecule has 0 spiro atoms. The van der Waals surface area contributed by atoms with Crippen LogP contribution in [0.15, 0.2) is 18.2 Å². The summed E-state index contributed by atoms with van der Waals surface area (Å²) in [6, 6.07) is 5.73. The molecule has 0 saturated carbocycles. The molecule has 0 heterocycles. The first-order valence-corrected chi connectivity index (χ1v) is 5.72. The maximum absolute atomic E-state index is 9.38. The summed E-state index contributed by atoms with van der Waals surface area (Å²) >= 11 is 6.04. The van der Waals surface area contributed by atoms with Gasteiger partial charge in [0.2, 0.25) is 0 Å². The summed E-state index contributed by atoms with van der Waals surface area (Å²) in [5, 5.41) is 19.1. The summed E-state index contributed by atoms with van der Waals surface area (Å²) in [5.41, 5.74) is 1.94. The molecular weight excluding hydrogens is 226 g/mol. The van der Waals surface area contributed by atoms with E-state index in [1.165, 1.54) is 0 Å². The minimum atomic E-state index is -0.438. The van der Waals surface area contributed by atoms with Gasteiger partial charge in [0, 0.05) is 23.8 Å². The molecule has 1 aromatic rings. The van der Waals surface area contributed by atoms with Gasteiger partial charge < -0.3 is 15.1 Å². The fourth-order valence-corrected chi connectivity index (χ4v) is 1.72. The van der Waals surface area contributed by atoms with Crippen LogP contribution in [0.5, 0.6) is 0 Å². The highest BCUT2D eigenvalue weighted by molar-refractivity contribution is 6.31. The zero-order chi connectivity index (χ0) is 12.1. The molecular formula is C12H18ClNO2. The molecule has 0 aliphatic rings. The number of aryl methyl sites for hydroxylation is 1. The topological polar surface area (TPSA) is 43.7 Å². The molecule has 1 atom stereocenters. The summed E-state index contributed by atoms with van der Waals surface area (Å²) in [6.07, 6.45) is -0.438. The van der Waals surface area contributed by atoms with E-state index in [0.717, 1.165) is 11.3 Å². The lowest BCUT2D eigenvalue weighted by molar-refractivity contribution is 0.197. The van der Waals surface area contributed by atoms with E-state index in [1.54, 1.807) is 6.92 Å². The smallest absolute Gasteiger partial charge is 0.0687 e. The second kappa shape index (κ2) is 6.09. The fourth-order valence-electron chi connectivity index (χ4n) is 1.54. The van der Waals surface area contributed by atoms with Gasteiger partial charge in [-0.1, -0.05) is 17.7 Å². The number of rotatable bonds is 5. The van der Waals surface area contributed by atoms with E-state index >= 15 is 0 Å². The van der Waals surface area contributed by atoms with Crippen LogP contribution in [0.2, 0.25) is 5.02 Å². The lowest BCUT2D eigenvalue weighted by Gasteiger charge is -2.25. The maximum Gasteiger partial charge on any atom is 0.0687 e. The van der Waals surface area contributed by atoms with Crippen molar-refractivity contribution in [3.05, 3.63) is 28.8 Å². The van der Waals surface area contributed by atoms with Gasteiger partial charge in [-0.3, -0.25) is 0 Å². The molecule has 0 aromatic heterocycles. The highest BCUT2D eigenvalue weighted by Crippen LogP contribution is 2.23. The minimum absolute atomic E-state index is 0.0538. The first-order chi connectivity index (χ1) is 7.54. The van der Waals surface area contributed by atoms with Gasteiger partial charge >= 0.3 is 0 Å². The molecule has 1 unspecified atom stereocenters. The van der Waals surface area contributed by atoms with Crippen LogP contribution in [0, 0.1) is 6.92 Å². The first kappa shape index (κ1) is 13.3. The third-order valence-electron chi connectivity index (χ3n) is 2.38. The fraction of sp³-hybridized carbons (Fsp3) is 0.500. The normalized spacial score (nSPS) is 12.6. The number of benzene rings is 1. The van der Waals surface area contributed by atoms with Crippen molar-refractivity contribution >= 4 is 17.3 Å². The van der Waals surface area contributed by atoms with Crippen molar-refractivity contribution in [2.24, 2.45) is 0 Å². The predicted molar refractivity (Wildman–Crippen MR) is 67.2 cm³/mol. The number of hydrogen-bond acceptors (Lipinski definition) is 3. The van der Waals surface area contributed by atoms with Crippen molar-refractivity contribution in [1.82, 2.24) is 0 Å². The van der Waals surface area contributed by atoms with Crippen molar-refractivity contribution in [3.63, 3.8) is 0 Å². The highest BCUT2D eigenvalue weighted by atomic mass is 35.5. The average Bonchev–Trinajstić information content (AvgIpc) is 2.21. The van der Waals surface area contributed by atoms with Gasteiger partial charge in [-0.25, -0.2) is 0 Å². The van der Waals surface area contributed by atoms with Gasteiger partial charge in [0.15, 0.2) is 0 Å². The summed E-state index contributed by atoms with van der Waals surface area (Å²) in [6.45, 7) is 4.69. The highest BCUT2D eigenvalue weighted by Gasteiger charge is 2.09. The largest absolute Gasteiger partial charge is 0.395 e. The second-order valence-electron chi connectivity index (χ2n) is 3.95. The van der Waals surface area contributed by atoms with Crippen molar-refractivity contribution in [2.45, 2.75) is 20.0 Å². The van der Waals surface area contributed by atoms with Crippen LogP contribution in [0.4, 0.5) is 5.69 Å². The van der Waals surface area contributed by atoms with Gasteiger partial charge in [-0.05, 0) is 31.5 Å². The molecule has 16 heavy (non-hydrogen) atoms. The predicted octanol–water partition coefficient (Wildman–Crippen LogP) is 1.83. The lowest BCUT2D eigenvalue weighted by atomic mass is 10.2. The van der Waals surface area contributed by atoms with E-state index < -0.39 is 6.10 Å². The van der Waals surface area contributed by atoms with Crippen LogP contribution in [0.3, 0.4) is 0 Å². The minimum Gasteiger partial charge on any atom is -0.395 e.